The molecule has 0 unspecified atom stereocenters. The zero-order valence-electron chi connectivity index (χ0n) is 11.1. The Morgan fingerprint density at radius 1 is 1.30 bits per heavy atom. The van der Waals surface area contributed by atoms with E-state index in [1.807, 2.05) is 6.92 Å². The van der Waals surface area contributed by atoms with Gasteiger partial charge in [-0.1, -0.05) is 23.2 Å². The molecule has 6 heteroatoms. The Labute approximate surface area is 127 Å². The van der Waals surface area contributed by atoms with Gasteiger partial charge in [0.15, 0.2) is 0 Å². The van der Waals surface area contributed by atoms with E-state index in [1.165, 1.54) is 0 Å². The molecule has 2 rings (SSSR count). The van der Waals surface area contributed by atoms with Crippen molar-refractivity contribution in [3.05, 3.63) is 51.8 Å². The molecule has 0 saturated carbocycles. The minimum atomic E-state index is -0.101. The van der Waals surface area contributed by atoms with E-state index < -0.39 is 0 Å². The lowest BCUT2D eigenvalue weighted by Gasteiger charge is -2.05. The van der Waals surface area contributed by atoms with Crippen LogP contribution in [-0.2, 0) is 6.54 Å². The molecule has 106 valence electrons. The highest BCUT2D eigenvalue weighted by molar-refractivity contribution is 6.31. The maximum absolute atomic E-state index is 11.8. The van der Waals surface area contributed by atoms with Crippen LogP contribution in [0, 0.1) is 6.92 Å². The largest absolute Gasteiger partial charge is 0.352 e. The van der Waals surface area contributed by atoms with Crippen molar-refractivity contribution in [2.75, 3.05) is 6.54 Å². The molecule has 0 spiro atoms. The molecule has 20 heavy (non-hydrogen) atoms. The van der Waals surface area contributed by atoms with Crippen LogP contribution in [0.5, 0.6) is 0 Å². The van der Waals surface area contributed by atoms with E-state index in [0.717, 1.165) is 12.1 Å². The quantitative estimate of drug-likeness (QED) is 0.861. The molecule has 0 aliphatic carbocycles. The molecule has 1 aromatic carbocycles. The van der Waals surface area contributed by atoms with E-state index >= 15 is 0 Å². The normalized spacial score (nSPS) is 10.6. The maximum Gasteiger partial charge on any atom is 0.251 e. The molecule has 0 fully saturated rings. The van der Waals surface area contributed by atoms with Crippen molar-refractivity contribution in [1.82, 2.24) is 15.1 Å². The minimum Gasteiger partial charge on any atom is -0.352 e. The number of carbonyl (C=O) groups is 1. The van der Waals surface area contributed by atoms with Crippen molar-refractivity contribution < 1.29 is 4.79 Å². The number of hydrogen-bond donors (Lipinski definition) is 1. The zero-order chi connectivity index (χ0) is 14.5. The second-order valence-electron chi connectivity index (χ2n) is 4.44. The van der Waals surface area contributed by atoms with Crippen LogP contribution in [0.3, 0.4) is 0 Å². The summed E-state index contributed by atoms with van der Waals surface area (Å²) < 4.78 is 1.78. The van der Waals surface area contributed by atoms with Gasteiger partial charge in [0.25, 0.3) is 5.91 Å². The van der Waals surface area contributed by atoms with Crippen molar-refractivity contribution in [1.29, 1.82) is 0 Å². The third-order valence-electron chi connectivity index (χ3n) is 2.84. The van der Waals surface area contributed by atoms with Crippen molar-refractivity contribution in [2.45, 2.75) is 19.9 Å². The molecule has 0 aliphatic rings. The molecule has 2 aromatic rings. The summed E-state index contributed by atoms with van der Waals surface area (Å²) in [6, 6.07) is 6.80. The lowest BCUT2D eigenvalue weighted by Crippen LogP contribution is -2.25. The Morgan fingerprint density at radius 2 is 2.00 bits per heavy atom. The minimum absolute atomic E-state index is 0.101. The van der Waals surface area contributed by atoms with E-state index in [9.17, 15) is 4.79 Å². The average Bonchev–Trinajstić information content (AvgIpc) is 2.74. The Balaban J connectivity index is 1.75. The molecule has 0 saturated heterocycles. The first-order valence-electron chi connectivity index (χ1n) is 6.29. The standard InChI is InChI=1S/C14H15Cl2N3O/c1-10-13(16)9-19(18-10)8-2-7-17-14(20)11-3-5-12(15)6-4-11/h3-6,9H,2,7-8H2,1H3,(H,17,20). The van der Waals surface area contributed by atoms with Gasteiger partial charge in [-0.3, -0.25) is 9.48 Å². The van der Waals surface area contributed by atoms with Gasteiger partial charge in [-0.15, -0.1) is 0 Å². The number of rotatable bonds is 5. The molecular weight excluding hydrogens is 297 g/mol. The summed E-state index contributed by atoms with van der Waals surface area (Å²) in [5, 5.41) is 8.39. The van der Waals surface area contributed by atoms with Gasteiger partial charge in [0.2, 0.25) is 0 Å². The average molecular weight is 312 g/mol. The molecule has 1 aromatic heterocycles. The van der Waals surface area contributed by atoms with E-state index in [-0.39, 0.29) is 5.91 Å². The van der Waals surface area contributed by atoms with Gasteiger partial charge in [-0.25, -0.2) is 0 Å². The number of benzene rings is 1. The third kappa shape index (κ3) is 3.99. The van der Waals surface area contributed by atoms with Crippen molar-refractivity contribution in [3.63, 3.8) is 0 Å². The summed E-state index contributed by atoms with van der Waals surface area (Å²) in [5.41, 5.74) is 1.42. The van der Waals surface area contributed by atoms with Gasteiger partial charge in [-0.2, -0.15) is 5.10 Å². The molecule has 0 radical (unpaired) electrons. The van der Waals surface area contributed by atoms with Crippen LogP contribution in [0.1, 0.15) is 22.5 Å². The van der Waals surface area contributed by atoms with Crippen LogP contribution < -0.4 is 5.32 Å². The topological polar surface area (TPSA) is 46.9 Å². The van der Waals surface area contributed by atoms with Crippen LogP contribution in [0.4, 0.5) is 0 Å². The number of halogens is 2. The van der Waals surface area contributed by atoms with Crippen LogP contribution >= 0.6 is 23.2 Å². The molecule has 0 aliphatic heterocycles. The van der Waals surface area contributed by atoms with Crippen LogP contribution in [0.2, 0.25) is 10.0 Å². The van der Waals surface area contributed by atoms with Gasteiger partial charge in [0.1, 0.15) is 0 Å². The SMILES string of the molecule is Cc1nn(CCCNC(=O)c2ccc(Cl)cc2)cc1Cl. The fourth-order valence-corrected chi connectivity index (χ4v) is 2.03. The molecule has 1 heterocycles. The first kappa shape index (κ1) is 14.9. The van der Waals surface area contributed by atoms with Gasteiger partial charge in [0.05, 0.1) is 10.7 Å². The Morgan fingerprint density at radius 3 is 2.60 bits per heavy atom. The van der Waals surface area contributed by atoms with Crippen LogP contribution in [0.15, 0.2) is 30.5 Å². The maximum atomic E-state index is 11.8. The molecule has 4 nitrogen and oxygen atoms in total. The molecular formula is C14H15Cl2N3O. The summed E-state index contributed by atoms with van der Waals surface area (Å²) in [4.78, 5) is 11.8. The number of aromatic nitrogens is 2. The number of nitrogens with zero attached hydrogens (tertiary/aromatic N) is 2. The first-order chi connectivity index (χ1) is 9.56. The van der Waals surface area contributed by atoms with Crippen LogP contribution in [-0.4, -0.2) is 22.2 Å². The highest BCUT2D eigenvalue weighted by Crippen LogP contribution is 2.12. The fourth-order valence-electron chi connectivity index (χ4n) is 1.75. The summed E-state index contributed by atoms with van der Waals surface area (Å²) in [7, 11) is 0. The molecule has 0 bridgehead atoms. The van der Waals surface area contributed by atoms with Gasteiger partial charge < -0.3 is 5.32 Å². The molecule has 1 amide bonds. The fraction of sp³-hybridized carbons (Fsp3) is 0.286. The van der Waals surface area contributed by atoms with E-state index in [0.29, 0.717) is 28.7 Å². The number of hydrogen-bond acceptors (Lipinski definition) is 2. The number of carbonyl (C=O) groups excluding carboxylic acids is 1. The summed E-state index contributed by atoms with van der Waals surface area (Å²) in [5.74, 6) is -0.101. The Kier molecular flexibility index (Phi) is 5.04. The van der Waals surface area contributed by atoms with Gasteiger partial charge in [0, 0.05) is 29.9 Å². The molecule has 0 atom stereocenters. The second kappa shape index (κ2) is 6.77. The number of aryl methyl sites for hydroxylation is 2. The van der Waals surface area contributed by atoms with E-state index in [4.69, 9.17) is 23.2 Å². The van der Waals surface area contributed by atoms with Crippen molar-refractivity contribution in [2.24, 2.45) is 0 Å². The Hall–Kier alpha value is -1.52. The zero-order valence-corrected chi connectivity index (χ0v) is 12.6. The molecule has 1 N–H and O–H groups in total. The predicted molar refractivity (Wildman–Crippen MR) is 80.4 cm³/mol. The third-order valence-corrected chi connectivity index (χ3v) is 3.47. The van der Waals surface area contributed by atoms with E-state index in [2.05, 4.69) is 10.4 Å². The van der Waals surface area contributed by atoms with Crippen molar-refractivity contribution >= 4 is 29.1 Å². The van der Waals surface area contributed by atoms with Gasteiger partial charge >= 0.3 is 0 Å². The smallest absolute Gasteiger partial charge is 0.251 e. The monoisotopic (exact) mass is 311 g/mol. The first-order valence-corrected chi connectivity index (χ1v) is 7.05. The summed E-state index contributed by atoms with van der Waals surface area (Å²) in [6.45, 7) is 3.16. The summed E-state index contributed by atoms with van der Waals surface area (Å²) >= 11 is 11.7. The lowest BCUT2D eigenvalue weighted by atomic mass is 10.2. The van der Waals surface area contributed by atoms with Gasteiger partial charge in [-0.05, 0) is 37.6 Å². The highest BCUT2D eigenvalue weighted by Gasteiger charge is 2.05. The Bertz CT molecular complexity index is 573. The lowest BCUT2D eigenvalue weighted by molar-refractivity contribution is 0.0952. The van der Waals surface area contributed by atoms with Crippen molar-refractivity contribution in [3.8, 4) is 0 Å². The predicted octanol–water partition coefficient (Wildman–Crippen LogP) is 3.32. The highest BCUT2D eigenvalue weighted by atomic mass is 35.5. The van der Waals surface area contributed by atoms with Crippen LogP contribution in [0.25, 0.3) is 0 Å². The van der Waals surface area contributed by atoms with E-state index in [1.54, 1.807) is 35.1 Å². The number of amides is 1. The number of nitrogens with one attached hydrogen (secondary N) is 1. The summed E-state index contributed by atoms with van der Waals surface area (Å²) in [6.07, 6.45) is 2.58. The second-order valence-corrected chi connectivity index (χ2v) is 5.29.